The van der Waals surface area contributed by atoms with E-state index in [1.54, 1.807) is 43.5 Å². The average molecular weight is 523 g/mol. The van der Waals surface area contributed by atoms with E-state index >= 15 is 4.39 Å². The number of carboxylic acid groups (broad SMARTS) is 1. The van der Waals surface area contributed by atoms with Crippen LogP contribution in [-0.2, 0) is 10.2 Å². The van der Waals surface area contributed by atoms with Crippen molar-refractivity contribution in [3.05, 3.63) is 83.6 Å². The summed E-state index contributed by atoms with van der Waals surface area (Å²) in [6.07, 6.45) is 1.30. The fraction of sp³-hybridized carbons (Fsp3) is 0.300. The minimum atomic E-state index is -1.03. The molecule has 0 aliphatic heterocycles. The number of anilines is 1. The summed E-state index contributed by atoms with van der Waals surface area (Å²) in [6.45, 7) is 4.97. The Balaban J connectivity index is 2.12. The number of methoxy groups -OCH3 is 1. The molecule has 6 nitrogen and oxygen atoms in total. The fourth-order valence-corrected chi connectivity index (χ4v) is 4.97. The Morgan fingerprint density at radius 3 is 2.29 bits per heavy atom. The van der Waals surface area contributed by atoms with Crippen LogP contribution in [-0.4, -0.2) is 47.6 Å². The Kier molecular flexibility index (Phi) is 8.14. The van der Waals surface area contributed by atoms with Crippen LogP contribution in [0.5, 0.6) is 0 Å². The van der Waals surface area contributed by atoms with Gasteiger partial charge in [-0.3, -0.25) is 0 Å². The predicted octanol–water partition coefficient (Wildman–Crippen LogP) is 6.38. The molecule has 200 valence electrons. The third-order valence-corrected chi connectivity index (χ3v) is 6.59. The fourth-order valence-electron chi connectivity index (χ4n) is 4.97. The Morgan fingerprint density at radius 2 is 1.68 bits per heavy atom. The summed E-state index contributed by atoms with van der Waals surface area (Å²) in [5, 5.41) is 22.7. The molecule has 1 heterocycles. The van der Waals surface area contributed by atoms with E-state index in [1.165, 1.54) is 24.3 Å². The molecule has 1 aromatic heterocycles. The van der Waals surface area contributed by atoms with Crippen molar-refractivity contribution in [1.29, 1.82) is 0 Å². The van der Waals surface area contributed by atoms with E-state index in [-0.39, 0.29) is 18.0 Å². The number of halogens is 2. The highest BCUT2D eigenvalue weighted by molar-refractivity contribution is 6.07. The number of ether oxygens (including phenoxy) is 1. The van der Waals surface area contributed by atoms with E-state index in [4.69, 9.17) is 4.74 Å². The SMILES string of the molecule is COCC(C)(C)c1c(-c2ccc(C(=O)O)cc2)c2c(NCCCCO)cc(F)cc2n1-c1ccc(F)cc1. The molecule has 0 saturated heterocycles. The molecule has 0 bridgehead atoms. The number of carboxylic acids is 1. The molecule has 3 aromatic carbocycles. The topological polar surface area (TPSA) is 83.7 Å². The number of aliphatic hydroxyl groups is 1. The second-order valence-electron chi connectivity index (χ2n) is 9.94. The summed E-state index contributed by atoms with van der Waals surface area (Å²) in [5.74, 6) is -1.85. The van der Waals surface area contributed by atoms with Crippen molar-refractivity contribution in [3.8, 4) is 16.8 Å². The normalized spacial score (nSPS) is 11.7. The summed E-state index contributed by atoms with van der Waals surface area (Å²) in [5.41, 5.74) is 3.74. The largest absolute Gasteiger partial charge is 0.478 e. The average Bonchev–Trinajstić information content (AvgIpc) is 3.23. The number of aromatic carboxylic acids is 1. The van der Waals surface area contributed by atoms with E-state index in [9.17, 15) is 19.4 Å². The lowest BCUT2D eigenvalue weighted by Crippen LogP contribution is -2.27. The highest BCUT2D eigenvalue weighted by Gasteiger charge is 2.33. The number of aromatic nitrogens is 1. The molecule has 3 N–H and O–H groups in total. The number of nitrogens with one attached hydrogen (secondary N) is 1. The van der Waals surface area contributed by atoms with Gasteiger partial charge in [0.05, 0.1) is 17.7 Å². The lowest BCUT2D eigenvalue weighted by Gasteiger charge is -2.28. The van der Waals surface area contributed by atoms with Gasteiger partial charge in [0.15, 0.2) is 0 Å². The van der Waals surface area contributed by atoms with Crippen molar-refractivity contribution >= 4 is 22.6 Å². The molecule has 0 aliphatic carbocycles. The van der Waals surface area contributed by atoms with Gasteiger partial charge in [-0.1, -0.05) is 26.0 Å². The van der Waals surface area contributed by atoms with E-state index < -0.39 is 17.2 Å². The molecule has 4 rings (SSSR count). The van der Waals surface area contributed by atoms with Crippen LogP contribution < -0.4 is 5.32 Å². The number of aliphatic hydroxyl groups excluding tert-OH is 1. The van der Waals surface area contributed by atoms with Crippen LogP contribution in [0.1, 0.15) is 42.7 Å². The molecule has 0 unspecified atom stereocenters. The predicted molar refractivity (Wildman–Crippen MR) is 145 cm³/mol. The number of nitrogens with zero attached hydrogens (tertiary/aromatic N) is 1. The highest BCUT2D eigenvalue weighted by atomic mass is 19.1. The molecule has 0 atom stereocenters. The minimum Gasteiger partial charge on any atom is -0.478 e. The maximum atomic E-state index is 15.1. The first-order valence-electron chi connectivity index (χ1n) is 12.5. The first-order valence-corrected chi connectivity index (χ1v) is 12.5. The highest BCUT2D eigenvalue weighted by Crippen LogP contribution is 2.46. The van der Waals surface area contributed by atoms with Crippen molar-refractivity contribution in [3.63, 3.8) is 0 Å². The summed E-state index contributed by atoms with van der Waals surface area (Å²) >= 11 is 0. The monoisotopic (exact) mass is 522 g/mol. The molecule has 38 heavy (non-hydrogen) atoms. The molecule has 8 heteroatoms. The zero-order chi connectivity index (χ0) is 27.4. The molecule has 0 saturated carbocycles. The van der Waals surface area contributed by atoms with Crippen molar-refractivity contribution in [2.75, 3.05) is 32.2 Å². The summed E-state index contributed by atoms with van der Waals surface area (Å²) < 4.78 is 36.5. The van der Waals surface area contributed by atoms with Crippen LogP contribution in [0.15, 0.2) is 60.7 Å². The Bertz CT molecular complexity index is 1430. The zero-order valence-corrected chi connectivity index (χ0v) is 21.7. The van der Waals surface area contributed by atoms with Gasteiger partial charge in [0.2, 0.25) is 0 Å². The molecule has 4 aromatic rings. The van der Waals surface area contributed by atoms with Gasteiger partial charge in [-0.2, -0.15) is 0 Å². The Hall–Kier alpha value is -3.75. The lowest BCUT2D eigenvalue weighted by atomic mass is 9.84. The maximum Gasteiger partial charge on any atom is 0.335 e. The maximum absolute atomic E-state index is 15.1. The van der Waals surface area contributed by atoms with Crippen molar-refractivity contribution < 1.29 is 28.5 Å². The van der Waals surface area contributed by atoms with Gasteiger partial charge in [-0.25, -0.2) is 13.6 Å². The van der Waals surface area contributed by atoms with Gasteiger partial charge in [-0.05, 0) is 66.9 Å². The Morgan fingerprint density at radius 1 is 1.00 bits per heavy atom. The van der Waals surface area contributed by atoms with Crippen LogP contribution >= 0.6 is 0 Å². The summed E-state index contributed by atoms with van der Waals surface area (Å²) in [4.78, 5) is 11.5. The van der Waals surface area contributed by atoms with E-state index in [2.05, 4.69) is 5.32 Å². The smallest absolute Gasteiger partial charge is 0.335 e. The summed E-state index contributed by atoms with van der Waals surface area (Å²) in [6, 6.07) is 15.5. The van der Waals surface area contributed by atoms with Crippen LogP contribution in [0.4, 0.5) is 14.5 Å². The van der Waals surface area contributed by atoms with Crippen LogP contribution in [0.3, 0.4) is 0 Å². The minimum absolute atomic E-state index is 0.0672. The molecular weight excluding hydrogens is 490 g/mol. The molecule has 0 fully saturated rings. The second-order valence-corrected chi connectivity index (χ2v) is 9.94. The number of carbonyl (C=O) groups is 1. The van der Waals surface area contributed by atoms with Crippen molar-refractivity contribution in [1.82, 2.24) is 4.57 Å². The lowest BCUT2D eigenvalue weighted by molar-refractivity contribution is 0.0697. The van der Waals surface area contributed by atoms with Gasteiger partial charge in [0.25, 0.3) is 0 Å². The zero-order valence-electron chi connectivity index (χ0n) is 21.7. The molecule has 0 radical (unpaired) electrons. The standard InChI is InChI=1S/C30H32F2N2O4/c1-30(2,18-38-3)28-26(19-6-8-20(9-7-19)29(36)37)27-24(33-14-4-5-15-35)16-22(32)17-25(27)34(28)23-12-10-21(31)11-13-23/h6-13,16-17,33,35H,4-5,14-15,18H2,1-3H3,(H,36,37). The number of rotatable bonds is 11. The second kappa shape index (κ2) is 11.3. The van der Waals surface area contributed by atoms with E-state index in [0.717, 1.165) is 22.2 Å². The number of benzene rings is 3. The molecule has 0 spiro atoms. The number of unbranched alkanes of at least 4 members (excludes halogenated alkanes) is 1. The number of hydrogen-bond acceptors (Lipinski definition) is 4. The quantitative estimate of drug-likeness (QED) is 0.199. The van der Waals surface area contributed by atoms with Gasteiger partial charge in [-0.15, -0.1) is 0 Å². The van der Waals surface area contributed by atoms with Gasteiger partial charge >= 0.3 is 5.97 Å². The van der Waals surface area contributed by atoms with E-state index in [1.807, 2.05) is 18.4 Å². The molecule has 0 amide bonds. The number of hydrogen-bond donors (Lipinski definition) is 3. The van der Waals surface area contributed by atoms with Crippen LogP contribution in [0, 0.1) is 11.6 Å². The van der Waals surface area contributed by atoms with Gasteiger partial charge < -0.3 is 24.8 Å². The number of fused-ring (bicyclic) bond motifs is 1. The first kappa shape index (κ1) is 27.3. The first-order chi connectivity index (χ1) is 18.2. The van der Waals surface area contributed by atoms with Gasteiger partial charge in [0.1, 0.15) is 11.6 Å². The van der Waals surface area contributed by atoms with Crippen LogP contribution in [0.2, 0.25) is 0 Å². The van der Waals surface area contributed by atoms with Crippen molar-refractivity contribution in [2.24, 2.45) is 0 Å². The van der Waals surface area contributed by atoms with Crippen LogP contribution in [0.25, 0.3) is 27.7 Å². The third-order valence-electron chi connectivity index (χ3n) is 6.59. The third kappa shape index (κ3) is 5.42. The van der Waals surface area contributed by atoms with E-state index in [0.29, 0.717) is 42.9 Å². The van der Waals surface area contributed by atoms with Crippen molar-refractivity contribution in [2.45, 2.75) is 32.1 Å². The Labute approximate surface area is 220 Å². The van der Waals surface area contributed by atoms with Gasteiger partial charge in [0, 0.05) is 53.7 Å². The summed E-state index contributed by atoms with van der Waals surface area (Å²) in [7, 11) is 1.61. The molecule has 0 aliphatic rings. The molecular formula is C30H32F2N2O4.